The molecule has 2 aromatic heterocycles. The van der Waals surface area contributed by atoms with Crippen LogP contribution in [0.5, 0.6) is 0 Å². The van der Waals surface area contributed by atoms with Gasteiger partial charge in [-0.25, -0.2) is 9.97 Å². The smallest absolute Gasteiger partial charge is 0.377 e. The summed E-state index contributed by atoms with van der Waals surface area (Å²) in [5.41, 5.74) is 3.34. The van der Waals surface area contributed by atoms with Crippen molar-refractivity contribution in [1.29, 1.82) is 0 Å². The maximum absolute atomic E-state index is 5.53. The highest BCUT2D eigenvalue weighted by molar-refractivity contribution is 7.27. The molecule has 0 unspecified atom stereocenters. The van der Waals surface area contributed by atoms with E-state index in [0.717, 1.165) is 39.9 Å². The van der Waals surface area contributed by atoms with Crippen LogP contribution in [0.2, 0.25) is 6.04 Å². The van der Waals surface area contributed by atoms with Crippen molar-refractivity contribution in [2.45, 2.75) is 18.9 Å². The second-order valence-corrected chi connectivity index (χ2v) is 11.6. The van der Waals surface area contributed by atoms with Crippen LogP contribution in [0.4, 0.5) is 0 Å². The molecule has 2 heterocycles. The van der Waals surface area contributed by atoms with Gasteiger partial charge in [-0.15, -0.1) is 22.7 Å². The Morgan fingerprint density at radius 1 is 0.821 bits per heavy atom. The van der Waals surface area contributed by atoms with Crippen molar-refractivity contribution in [2.75, 3.05) is 21.3 Å². The number of fused-ring (bicyclic) bond motifs is 2. The Hall–Kier alpha value is -1.68. The third-order valence-electron chi connectivity index (χ3n) is 4.84. The van der Waals surface area contributed by atoms with E-state index >= 15 is 0 Å². The fourth-order valence-electron chi connectivity index (χ4n) is 3.31. The van der Waals surface area contributed by atoms with Gasteiger partial charge in [0, 0.05) is 27.4 Å². The molecule has 0 spiro atoms. The van der Waals surface area contributed by atoms with Crippen molar-refractivity contribution in [3.63, 3.8) is 0 Å². The average Bonchev–Trinajstić information content (AvgIpc) is 3.36. The first-order chi connectivity index (χ1) is 13.7. The van der Waals surface area contributed by atoms with E-state index in [1.165, 1.54) is 15.0 Å². The van der Waals surface area contributed by atoms with Crippen LogP contribution in [0.3, 0.4) is 0 Å². The van der Waals surface area contributed by atoms with E-state index in [2.05, 4.69) is 24.3 Å². The molecule has 0 saturated heterocycles. The maximum atomic E-state index is 5.53. The molecule has 0 atom stereocenters. The summed E-state index contributed by atoms with van der Waals surface area (Å²) < 4.78 is 19.0. The highest BCUT2D eigenvalue weighted by Crippen LogP contribution is 2.36. The molecular formula is C20H22N2O3S2Si. The van der Waals surface area contributed by atoms with Gasteiger partial charge in [-0.1, -0.05) is 24.3 Å². The number of aromatic nitrogens is 2. The molecule has 0 bridgehead atoms. The average molecular weight is 431 g/mol. The fraction of sp³-hybridized carbons (Fsp3) is 0.300. The van der Waals surface area contributed by atoms with Crippen LogP contribution >= 0.6 is 22.7 Å². The van der Waals surface area contributed by atoms with Crippen LogP contribution in [0.1, 0.15) is 12.0 Å². The largest absolute Gasteiger partial charge is 0.500 e. The van der Waals surface area contributed by atoms with Crippen molar-refractivity contribution < 1.29 is 13.3 Å². The van der Waals surface area contributed by atoms with E-state index in [0.29, 0.717) is 0 Å². The summed E-state index contributed by atoms with van der Waals surface area (Å²) in [5.74, 6) is 0. The van der Waals surface area contributed by atoms with Gasteiger partial charge < -0.3 is 13.3 Å². The number of rotatable bonds is 8. The zero-order valence-electron chi connectivity index (χ0n) is 16.1. The van der Waals surface area contributed by atoms with Crippen molar-refractivity contribution in [3.05, 3.63) is 48.0 Å². The number of nitrogens with zero attached hydrogens (tertiary/aromatic N) is 2. The van der Waals surface area contributed by atoms with Crippen LogP contribution in [-0.4, -0.2) is 40.1 Å². The lowest BCUT2D eigenvalue weighted by Gasteiger charge is -2.24. The molecule has 0 N–H and O–H groups in total. The standard InChI is InChI=1S/C20H22N2O3S2Si/c1-23-28(24-2,25-3)13-7-9-14-8-6-12-17-18(14)22-20(27-17)19-21-15-10-4-5-11-16(15)26-19/h4-6,8,10-12H,7,9,13H2,1-3H3. The van der Waals surface area contributed by atoms with Gasteiger partial charge in [0.25, 0.3) is 0 Å². The second kappa shape index (κ2) is 8.36. The summed E-state index contributed by atoms with van der Waals surface area (Å²) in [5, 5.41) is 1.97. The van der Waals surface area contributed by atoms with Crippen molar-refractivity contribution in [1.82, 2.24) is 9.97 Å². The molecule has 0 fully saturated rings. The van der Waals surface area contributed by atoms with E-state index in [4.69, 9.17) is 23.2 Å². The van der Waals surface area contributed by atoms with Crippen LogP contribution in [0.25, 0.3) is 30.4 Å². The molecule has 4 rings (SSSR count). The molecule has 4 aromatic rings. The van der Waals surface area contributed by atoms with E-state index < -0.39 is 8.80 Å². The second-order valence-electron chi connectivity index (χ2n) is 6.42. The highest BCUT2D eigenvalue weighted by atomic mass is 32.1. The summed E-state index contributed by atoms with van der Waals surface area (Å²) in [4.78, 5) is 9.70. The number of para-hydroxylation sites is 2. The molecule has 0 aliphatic heterocycles. The molecule has 0 aliphatic carbocycles. The zero-order valence-corrected chi connectivity index (χ0v) is 18.7. The lowest BCUT2D eigenvalue weighted by Crippen LogP contribution is -2.42. The van der Waals surface area contributed by atoms with Gasteiger partial charge in [0.15, 0.2) is 10.0 Å². The predicted molar refractivity (Wildman–Crippen MR) is 118 cm³/mol. The van der Waals surface area contributed by atoms with Gasteiger partial charge in [-0.3, -0.25) is 0 Å². The normalized spacial score (nSPS) is 12.2. The number of thiazole rings is 2. The van der Waals surface area contributed by atoms with E-state index in [1.54, 1.807) is 44.0 Å². The first-order valence-electron chi connectivity index (χ1n) is 9.08. The summed E-state index contributed by atoms with van der Waals surface area (Å²) >= 11 is 3.40. The summed E-state index contributed by atoms with van der Waals surface area (Å²) in [6, 6.07) is 15.4. The fourth-order valence-corrected chi connectivity index (χ4v) is 7.03. The molecule has 2 aromatic carbocycles. The minimum absolute atomic E-state index is 0.780. The zero-order chi connectivity index (χ0) is 19.6. The summed E-state index contributed by atoms with van der Waals surface area (Å²) in [6.45, 7) is 0. The Bertz CT molecular complexity index is 1050. The molecule has 0 aliphatic rings. The van der Waals surface area contributed by atoms with Gasteiger partial charge in [-0.2, -0.15) is 0 Å². The predicted octanol–water partition coefficient (Wildman–Crippen LogP) is 5.38. The van der Waals surface area contributed by atoms with Crippen molar-refractivity contribution >= 4 is 51.9 Å². The van der Waals surface area contributed by atoms with Crippen molar-refractivity contribution in [3.8, 4) is 10.0 Å². The van der Waals surface area contributed by atoms with E-state index in [1.807, 2.05) is 18.2 Å². The molecule has 5 nitrogen and oxygen atoms in total. The van der Waals surface area contributed by atoms with Gasteiger partial charge in [-0.05, 0) is 36.6 Å². The Kier molecular flexibility index (Phi) is 5.86. The van der Waals surface area contributed by atoms with Crippen LogP contribution in [0.15, 0.2) is 42.5 Å². The Morgan fingerprint density at radius 3 is 2.25 bits per heavy atom. The lowest BCUT2D eigenvalue weighted by atomic mass is 10.1. The quantitative estimate of drug-likeness (QED) is 0.351. The SMILES string of the molecule is CO[Si](CCCc1cccc2sc(-c3nc4ccccc4s3)nc12)(OC)OC. The van der Waals surface area contributed by atoms with Gasteiger partial charge in [0.1, 0.15) is 0 Å². The summed E-state index contributed by atoms with van der Waals surface area (Å²) in [7, 11) is 2.44. The number of hydrogen-bond acceptors (Lipinski definition) is 7. The first-order valence-corrected chi connectivity index (χ1v) is 12.6. The van der Waals surface area contributed by atoms with Crippen LogP contribution in [-0.2, 0) is 19.7 Å². The van der Waals surface area contributed by atoms with Crippen molar-refractivity contribution in [2.24, 2.45) is 0 Å². The third-order valence-corrected chi connectivity index (χ3v) is 9.87. The molecule has 0 amide bonds. The monoisotopic (exact) mass is 430 g/mol. The van der Waals surface area contributed by atoms with Gasteiger partial charge >= 0.3 is 8.80 Å². The molecule has 0 saturated carbocycles. The molecular weight excluding hydrogens is 408 g/mol. The minimum Gasteiger partial charge on any atom is -0.377 e. The Balaban J connectivity index is 1.59. The number of benzene rings is 2. The summed E-state index contributed by atoms with van der Waals surface area (Å²) in [6.07, 6.45) is 1.83. The highest BCUT2D eigenvalue weighted by Gasteiger charge is 2.36. The Morgan fingerprint density at radius 2 is 1.50 bits per heavy atom. The molecule has 28 heavy (non-hydrogen) atoms. The van der Waals surface area contributed by atoms with E-state index in [9.17, 15) is 0 Å². The maximum Gasteiger partial charge on any atom is 0.500 e. The van der Waals surface area contributed by atoms with Gasteiger partial charge in [0.2, 0.25) is 0 Å². The molecule has 146 valence electrons. The minimum atomic E-state index is -2.53. The lowest BCUT2D eigenvalue weighted by molar-refractivity contribution is 0.123. The Labute approximate surface area is 173 Å². The van der Waals surface area contributed by atoms with Crippen LogP contribution < -0.4 is 0 Å². The number of hydrogen-bond donors (Lipinski definition) is 0. The topological polar surface area (TPSA) is 53.5 Å². The van der Waals surface area contributed by atoms with E-state index in [-0.39, 0.29) is 0 Å². The first kappa shape index (κ1) is 19.6. The van der Waals surface area contributed by atoms with Gasteiger partial charge in [0.05, 0.1) is 20.4 Å². The number of aryl methyl sites for hydroxylation is 1. The van der Waals surface area contributed by atoms with Crippen LogP contribution in [0, 0.1) is 0 Å². The third kappa shape index (κ3) is 3.76. The molecule has 8 heteroatoms. The molecule has 0 radical (unpaired) electrons.